The second kappa shape index (κ2) is 13.9. The van der Waals surface area contributed by atoms with Crippen molar-refractivity contribution in [2.24, 2.45) is 0 Å². The predicted molar refractivity (Wildman–Crippen MR) is 194 cm³/mol. The first kappa shape index (κ1) is 39.9. The van der Waals surface area contributed by atoms with E-state index >= 15 is 0 Å². The van der Waals surface area contributed by atoms with Crippen LogP contribution in [0.25, 0.3) is 0 Å². The molecular formula is C37H64B2N2O8. The quantitative estimate of drug-likeness (QED) is 0.227. The van der Waals surface area contributed by atoms with Crippen LogP contribution >= 0.6 is 0 Å². The molecule has 10 nitrogen and oxygen atoms in total. The third-order valence-electron chi connectivity index (χ3n) is 11.0. The minimum Gasteiger partial charge on any atom is -0.459 e. The first-order chi connectivity index (χ1) is 22.2. The van der Waals surface area contributed by atoms with Gasteiger partial charge in [0.1, 0.15) is 11.2 Å². The average Bonchev–Trinajstić information content (AvgIpc) is 3.26. The van der Waals surface area contributed by atoms with Crippen LogP contribution in [0.3, 0.4) is 0 Å². The Morgan fingerprint density at radius 3 is 1.82 bits per heavy atom. The molecule has 3 fully saturated rings. The molecule has 0 spiro atoms. The number of amides is 1. The topological polar surface area (TPSA) is 96.0 Å². The van der Waals surface area contributed by atoms with Gasteiger partial charge in [-0.1, -0.05) is 18.6 Å². The zero-order valence-electron chi connectivity index (χ0n) is 33.2. The number of piperidine rings is 1. The van der Waals surface area contributed by atoms with E-state index in [4.69, 9.17) is 28.1 Å². The van der Waals surface area contributed by atoms with Gasteiger partial charge < -0.3 is 33.0 Å². The Morgan fingerprint density at radius 1 is 0.816 bits per heavy atom. The number of esters is 1. The average molecular weight is 687 g/mol. The van der Waals surface area contributed by atoms with Gasteiger partial charge in [0.05, 0.1) is 35.0 Å². The maximum atomic E-state index is 12.4. The van der Waals surface area contributed by atoms with E-state index in [1.165, 1.54) is 11.9 Å². The van der Waals surface area contributed by atoms with Gasteiger partial charge in [-0.3, -0.25) is 9.69 Å². The van der Waals surface area contributed by atoms with Crippen molar-refractivity contribution in [1.82, 2.24) is 9.80 Å². The van der Waals surface area contributed by atoms with Crippen LogP contribution in [0.5, 0.6) is 0 Å². The Kier molecular flexibility index (Phi) is 11.4. The fourth-order valence-corrected chi connectivity index (χ4v) is 6.85. The summed E-state index contributed by atoms with van der Waals surface area (Å²) in [5.41, 5.74) is -0.102. The largest absolute Gasteiger partial charge is 0.492 e. The van der Waals surface area contributed by atoms with E-state index in [0.29, 0.717) is 19.1 Å². The summed E-state index contributed by atoms with van der Waals surface area (Å²) in [4.78, 5) is 28.8. The fourth-order valence-electron chi connectivity index (χ4n) is 6.85. The normalized spacial score (nSPS) is 29.0. The van der Waals surface area contributed by atoms with Gasteiger partial charge in [-0.05, 0) is 140 Å². The Balaban J connectivity index is 0.000000223. The number of carbonyl (C=O) groups excluding carboxylic acids is 2. The van der Waals surface area contributed by atoms with Crippen molar-refractivity contribution < 1.29 is 37.7 Å². The molecular weight excluding hydrogens is 622 g/mol. The van der Waals surface area contributed by atoms with Crippen molar-refractivity contribution >= 4 is 26.3 Å². The number of carbonyl (C=O) groups is 2. The lowest BCUT2D eigenvalue weighted by Gasteiger charge is -2.45. The lowest BCUT2D eigenvalue weighted by atomic mass is 9.69. The van der Waals surface area contributed by atoms with Crippen LogP contribution in [-0.2, 0) is 32.9 Å². The van der Waals surface area contributed by atoms with Crippen LogP contribution in [0.15, 0.2) is 23.1 Å². The molecule has 0 radical (unpaired) electrons. The highest BCUT2D eigenvalue weighted by atomic mass is 16.7. The van der Waals surface area contributed by atoms with Crippen molar-refractivity contribution in [1.29, 1.82) is 0 Å². The third-order valence-corrected chi connectivity index (χ3v) is 11.0. The smallest absolute Gasteiger partial charge is 0.459 e. The summed E-state index contributed by atoms with van der Waals surface area (Å²) < 4.78 is 35.8. The first-order valence-corrected chi connectivity index (χ1v) is 18.3. The molecule has 5 rings (SSSR count). The first-order valence-electron chi connectivity index (χ1n) is 18.3. The molecule has 3 unspecified atom stereocenters. The van der Waals surface area contributed by atoms with E-state index < -0.39 is 18.3 Å². The van der Waals surface area contributed by atoms with Crippen molar-refractivity contribution in [2.75, 3.05) is 13.1 Å². The lowest BCUT2D eigenvalue weighted by Crippen LogP contribution is -2.52. The van der Waals surface area contributed by atoms with Gasteiger partial charge in [0.2, 0.25) is 0 Å². The third kappa shape index (κ3) is 9.34. The predicted octanol–water partition coefficient (Wildman–Crippen LogP) is 7.09. The minimum absolute atomic E-state index is 0.103. The standard InChI is InChI=1S/C20H34BNO4.C17H30BNO4/c1-18(2,3)24-17(23)13-22-15-9-8-10-16(22)12-14(11-15)21-25-19(4,5)20(6,7)26-21;1-12-13(18-22-16(5,6)17(7,8)23-18)10-9-11-19(12)14(20)21-15(2,3)4/h11,15-16H,8-10,12-13H2,1-7H3;10,12H,9,11H2,1-8H3. The Morgan fingerprint density at radius 2 is 1.33 bits per heavy atom. The number of fused-ring (bicyclic) bond motifs is 2. The van der Waals surface area contributed by atoms with Gasteiger partial charge in [0.25, 0.3) is 0 Å². The second-order valence-electron chi connectivity index (χ2n) is 18.4. The van der Waals surface area contributed by atoms with E-state index in [-0.39, 0.29) is 53.7 Å². The van der Waals surface area contributed by atoms with Crippen LogP contribution in [0, 0.1) is 0 Å². The highest BCUT2D eigenvalue weighted by molar-refractivity contribution is 6.55. The molecule has 0 aromatic rings. The summed E-state index contributed by atoms with van der Waals surface area (Å²) >= 11 is 0. The monoisotopic (exact) mass is 686 g/mol. The van der Waals surface area contributed by atoms with E-state index in [0.717, 1.165) is 31.2 Å². The number of ether oxygens (including phenoxy) is 2. The highest BCUT2D eigenvalue weighted by Gasteiger charge is 2.55. The van der Waals surface area contributed by atoms with Gasteiger partial charge in [-0.2, -0.15) is 0 Å². The van der Waals surface area contributed by atoms with Crippen molar-refractivity contribution in [2.45, 2.75) is 188 Å². The summed E-state index contributed by atoms with van der Waals surface area (Å²) in [5, 5.41) is 0. The molecule has 49 heavy (non-hydrogen) atoms. The maximum absolute atomic E-state index is 12.4. The molecule has 5 aliphatic heterocycles. The summed E-state index contributed by atoms with van der Waals surface area (Å²) in [6, 6.07) is 0.526. The van der Waals surface area contributed by atoms with Gasteiger partial charge >= 0.3 is 26.3 Å². The molecule has 0 aromatic heterocycles. The molecule has 3 atom stereocenters. The molecule has 276 valence electrons. The molecule has 2 bridgehead atoms. The Labute approximate surface area is 297 Å². The molecule has 0 aromatic carbocycles. The van der Waals surface area contributed by atoms with E-state index in [1.54, 1.807) is 4.90 Å². The van der Waals surface area contributed by atoms with Gasteiger partial charge in [0, 0.05) is 18.6 Å². The molecule has 12 heteroatoms. The van der Waals surface area contributed by atoms with Crippen molar-refractivity contribution in [3.05, 3.63) is 23.1 Å². The highest BCUT2D eigenvalue weighted by Crippen LogP contribution is 2.43. The Bertz CT molecular complexity index is 1260. The Hall–Kier alpha value is -1.85. The summed E-state index contributed by atoms with van der Waals surface area (Å²) in [6.45, 7) is 30.9. The van der Waals surface area contributed by atoms with Crippen LogP contribution in [-0.4, -0.2) is 101 Å². The minimum atomic E-state index is -0.498. The van der Waals surface area contributed by atoms with Gasteiger partial charge in [-0.25, -0.2) is 4.79 Å². The maximum Gasteiger partial charge on any atom is 0.492 e. The molecule has 5 heterocycles. The van der Waals surface area contributed by atoms with E-state index in [1.807, 2.05) is 76.2 Å². The molecule has 3 saturated heterocycles. The van der Waals surface area contributed by atoms with Crippen LogP contribution < -0.4 is 0 Å². The van der Waals surface area contributed by atoms with E-state index in [2.05, 4.69) is 44.7 Å². The SMILES string of the molecule is CC(C)(C)OC(=O)CN1C2C=C(B3OC(C)(C)C(C)(C)O3)CC1CCC2.CC1C(B2OC(C)(C)C(C)(C)O2)=CCCN1C(=O)OC(C)(C)C. The number of hydrogen-bond donors (Lipinski definition) is 0. The van der Waals surface area contributed by atoms with Gasteiger partial charge in [0.15, 0.2) is 0 Å². The van der Waals surface area contributed by atoms with E-state index in [9.17, 15) is 9.59 Å². The zero-order chi connectivity index (χ0) is 37.0. The number of hydrogen-bond acceptors (Lipinski definition) is 9. The zero-order valence-corrected chi connectivity index (χ0v) is 33.2. The molecule has 1 amide bonds. The summed E-state index contributed by atoms with van der Waals surface area (Å²) in [6.07, 6.45) is 9.19. The summed E-state index contributed by atoms with van der Waals surface area (Å²) in [7, 11) is -0.688. The molecule has 0 saturated carbocycles. The van der Waals surface area contributed by atoms with Crippen LogP contribution in [0.2, 0.25) is 0 Å². The lowest BCUT2D eigenvalue weighted by molar-refractivity contribution is -0.157. The van der Waals surface area contributed by atoms with Crippen molar-refractivity contribution in [3.8, 4) is 0 Å². The molecule has 5 aliphatic rings. The number of nitrogens with zero attached hydrogens (tertiary/aromatic N) is 2. The molecule has 0 N–H and O–H groups in total. The summed E-state index contributed by atoms with van der Waals surface area (Å²) in [5.74, 6) is -0.137. The number of rotatable bonds is 4. The second-order valence-corrected chi connectivity index (χ2v) is 18.4. The van der Waals surface area contributed by atoms with Crippen molar-refractivity contribution in [3.63, 3.8) is 0 Å². The van der Waals surface area contributed by atoms with Gasteiger partial charge in [-0.15, -0.1) is 0 Å². The molecule has 0 aliphatic carbocycles. The van der Waals surface area contributed by atoms with Crippen LogP contribution in [0.1, 0.15) is 136 Å². The van der Waals surface area contributed by atoms with Crippen LogP contribution in [0.4, 0.5) is 4.79 Å². The fraction of sp³-hybridized carbons (Fsp3) is 0.838.